The van der Waals surface area contributed by atoms with Crippen molar-refractivity contribution in [3.63, 3.8) is 0 Å². The fourth-order valence-electron chi connectivity index (χ4n) is 5.23. The van der Waals surface area contributed by atoms with Gasteiger partial charge in [0.2, 0.25) is 5.91 Å². The van der Waals surface area contributed by atoms with Crippen molar-refractivity contribution in [2.75, 3.05) is 4.90 Å². The van der Waals surface area contributed by atoms with Crippen LogP contribution in [0.5, 0.6) is 0 Å². The number of furan rings is 1. The van der Waals surface area contributed by atoms with Gasteiger partial charge in [0, 0.05) is 23.9 Å². The van der Waals surface area contributed by atoms with Gasteiger partial charge in [-0.15, -0.1) is 0 Å². The Labute approximate surface area is 188 Å². The van der Waals surface area contributed by atoms with Gasteiger partial charge in [-0.2, -0.15) is 0 Å². The Morgan fingerprint density at radius 2 is 1.84 bits per heavy atom. The number of aromatic nitrogens is 1. The van der Waals surface area contributed by atoms with Crippen LogP contribution in [0.3, 0.4) is 0 Å². The molecule has 1 saturated carbocycles. The summed E-state index contributed by atoms with van der Waals surface area (Å²) >= 11 is 0. The predicted octanol–water partition coefficient (Wildman–Crippen LogP) is 4.97. The van der Waals surface area contributed by atoms with Crippen molar-refractivity contribution in [1.29, 1.82) is 0 Å². The third-order valence-electron chi connectivity index (χ3n) is 7.49. The second-order valence-electron chi connectivity index (χ2n) is 9.90. The molecule has 0 unspecified atom stereocenters. The number of fused-ring (bicyclic) bond motifs is 3. The van der Waals surface area contributed by atoms with E-state index in [4.69, 9.17) is 4.42 Å². The molecule has 6 heteroatoms. The molecule has 0 saturated heterocycles. The third-order valence-corrected chi connectivity index (χ3v) is 7.49. The van der Waals surface area contributed by atoms with Crippen LogP contribution in [0.4, 0.5) is 5.69 Å². The molecule has 3 aromatic rings. The van der Waals surface area contributed by atoms with Gasteiger partial charge >= 0.3 is 0 Å². The number of nitrogens with zero attached hydrogens (tertiary/aromatic N) is 2. The summed E-state index contributed by atoms with van der Waals surface area (Å²) in [5.74, 6) is 0.430. The number of carbonyl (C=O) groups is 2. The summed E-state index contributed by atoms with van der Waals surface area (Å²) in [6, 6.07) is 9.76. The molecule has 2 amide bonds. The van der Waals surface area contributed by atoms with Gasteiger partial charge in [-0.1, -0.05) is 13.0 Å². The number of nitrogens with one attached hydrogen (secondary N) is 1. The van der Waals surface area contributed by atoms with Gasteiger partial charge in [0.25, 0.3) is 5.91 Å². The van der Waals surface area contributed by atoms with Crippen molar-refractivity contribution in [2.24, 2.45) is 5.92 Å². The van der Waals surface area contributed by atoms with Crippen LogP contribution in [-0.2, 0) is 11.3 Å². The minimum Gasteiger partial charge on any atom is -0.463 e. The maximum Gasteiger partial charge on any atom is 0.276 e. The maximum absolute atomic E-state index is 13.8. The first kappa shape index (κ1) is 20.9. The van der Waals surface area contributed by atoms with E-state index in [0.29, 0.717) is 23.7 Å². The molecule has 6 nitrogen and oxygen atoms in total. The van der Waals surface area contributed by atoms with Crippen molar-refractivity contribution in [3.05, 3.63) is 53.4 Å². The molecule has 3 heterocycles. The number of benzene rings is 1. The molecule has 2 aromatic heterocycles. The van der Waals surface area contributed by atoms with Gasteiger partial charge in [0.15, 0.2) is 5.58 Å². The smallest absolute Gasteiger partial charge is 0.276 e. The highest BCUT2D eigenvalue weighted by molar-refractivity contribution is 6.13. The topological polar surface area (TPSA) is 67.5 Å². The first-order valence-electron chi connectivity index (χ1n) is 11.6. The second-order valence-corrected chi connectivity index (χ2v) is 9.90. The Kier molecular flexibility index (Phi) is 4.91. The van der Waals surface area contributed by atoms with E-state index in [-0.39, 0.29) is 17.9 Å². The molecule has 0 spiro atoms. The summed E-state index contributed by atoms with van der Waals surface area (Å²) in [5.41, 5.74) is 4.00. The number of anilines is 1. The van der Waals surface area contributed by atoms with Crippen molar-refractivity contribution in [1.82, 2.24) is 9.88 Å². The predicted molar refractivity (Wildman–Crippen MR) is 125 cm³/mol. The lowest BCUT2D eigenvalue weighted by Crippen LogP contribution is -2.65. The van der Waals surface area contributed by atoms with Crippen LogP contribution in [0.2, 0.25) is 0 Å². The number of amides is 2. The molecule has 1 N–H and O–H groups in total. The summed E-state index contributed by atoms with van der Waals surface area (Å²) < 4.78 is 7.49. The molecule has 32 heavy (non-hydrogen) atoms. The third kappa shape index (κ3) is 3.24. The van der Waals surface area contributed by atoms with Crippen LogP contribution in [0.15, 0.2) is 41.0 Å². The van der Waals surface area contributed by atoms with Crippen LogP contribution in [-0.4, -0.2) is 28.0 Å². The molecule has 0 bridgehead atoms. The minimum absolute atomic E-state index is 0.0976. The van der Waals surface area contributed by atoms with E-state index < -0.39 is 5.54 Å². The number of carbonyl (C=O) groups excluding carboxylic acids is 2. The Hall–Kier alpha value is -3.02. The molecule has 1 aliphatic heterocycles. The van der Waals surface area contributed by atoms with Gasteiger partial charge < -0.3 is 14.3 Å². The molecule has 1 aromatic carbocycles. The second kappa shape index (κ2) is 7.54. The Morgan fingerprint density at radius 1 is 1.09 bits per heavy atom. The molecule has 0 radical (unpaired) electrons. The highest BCUT2D eigenvalue weighted by atomic mass is 16.3. The number of hydrogen-bond donors (Lipinski definition) is 1. The maximum atomic E-state index is 13.8. The van der Waals surface area contributed by atoms with E-state index in [1.54, 1.807) is 17.2 Å². The monoisotopic (exact) mass is 433 g/mol. The molecule has 5 rings (SSSR count). The highest BCUT2D eigenvalue weighted by Crippen LogP contribution is 2.37. The van der Waals surface area contributed by atoms with Crippen LogP contribution >= 0.6 is 0 Å². The Morgan fingerprint density at radius 3 is 2.56 bits per heavy atom. The first-order chi connectivity index (χ1) is 15.3. The minimum atomic E-state index is -1.06. The largest absolute Gasteiger partial charge is 0.463 e. The van der Waals surface area contributed by atoms with Gasteiger partial charge in [-0.25, -0.2) is 0 Å². The van der Waals surface area contributed by atoms with E-state index in [1.807, 2.05) is 49.6 Å². The zero-order chi connectivity index (χ0) is 22.6. The Balaban J connectivity index is 1.57. The first-order valence-corrected chi connectivity index (χ1v) is 11.6. The van der Waals surface area contributed by atoms with Gasteiger partial charge in [-0.3, -0.25) is 14.5 Å². The van der Waals surface area contributed by atoms with Crippen molar-refractivity contribution in [3.8, 4) is 0 Å². The standard InChI is InChI=1S/C26H31N3O3/c1-16-5-8-19(9-6-16)27-25(31)26(4)15-28-21-11-12-32-23(21)14-22(28)24(30)29(26)20-10-7-17(2)18(3)13-20/h7,10-14,16,19H,5-6,8-9,15H2,1-4H3,(H,27,31)/t16?,19?,26-/m0/s1. The zero-order valence-corrected chi connectivity index (χ0v) is 19.3. The van der Waals surface area contributed by atoms with E-state index in [2.05, 4.69) is 12.2 Å². The number of aryl methyl sites for hydroxylation is 2. The molecule has 1 atom stereocenters. The van der Waals surface area contributed by atoms with Crippen LogP contribution < -0.4 is 10.2 Å². The highest BCUT2D eigenvalue weighted by Gasteiger charge is 2.49. The number of hydrogen-bond acceptors (Lipinski definition) is 3. The lowest BCUT2D eigenvalue weighted by molar-refractivity contribution is -0.127. The lowest BCUT2D eigenvalue weighted by atomic mass is 9.86. The summed E-state index contributed by atoms with van der Waals surface area (Å²) in [7, 11) is 0. The van der Waals surface area contributed by atoms with Gasteiger partial charge in [0.05, 0.1) is 18.3 Å². The normalized spacial score (nSPS) is 25.8. The van der Waals surface area contributed by atoms with Crippen LogP contribution in [0.25, 0.3) is 11.1 Å². The van der Waals surface area contributed by atoms with Crippen molar-refractivity contribution < 1.29 is 14.0 Å². The average molecular weight is 434 g/mol. The van der Waals surface area contributed by atoms with E-state index in [0.717, 1.165) is 48.0 Å². The molecule has 168 valence electrons. The van der Waals surface area contributed by atoms with Crippen molar-refractivity contribution in [2.45, 2.75) is 71.5 Å². The molecular formula is C26H31N3O3. The summed E-state index contributed by atoms with van der Waals surface area (Å²) in [4.78, 5) is 29.3. The summed E-state index contributed by atoms with van der Waals surface area (Å²) in [5, 5.41) is 3.29. The quantitative estimate of drug-likeness (QED) is 0.634. The van der Waals surface area contributed by atoms with Crippen LogP contribution in [0, 0.1) is 19.8 Å². The Bertz CT molecular complexity index is 1200. The van der Waals surface area contributed by atoms with Gasteiger partial charge in [0.1, 0.15) is 11.2 Å². The van der Waals surface area contributed by atoms with E-state index in [1.165, 1.54) is 0 Å². The molecular weight excluding hydrogens is 402 g/mol. The van der Waals surface area contributed by atoms with Gasteiger partial charge in [-0.05, 0) is 75.6 Å². The summed E-state index contributed by atoms with van der Waals surface area (Å²) in [6.07, 6.45) is 5.85. The fraction of sp³-hybridized carbons (Fsp3) is 0.462. The molecule has 2 aliphatic rings. The lowest BCUT2D eigenvalue weighted by Gasteiger charge is -2.45. The fourth-order valence-corrected chi connectivity index (χ4v) is 5.23. The van der Waals surface area contributed by atoms with E-state index >= 15 is 0 Å². The molecule has 1 fully saturated rings. The van der Waals surface area contributed by atoms with E-state index in [9.17, 15) is 9.59 Å². The van der Waals surface area contributed by atoms with Crippen LogP contribution in [0.1, 0.15) is 61.1 Å². The number of rotatable bonds is 3. The zero-order valence-electron chi connectivity index (χ0n) is 19.3. The summed E-state index contributed by atoms with van der Waals surface area (Å²) in [6.45, 7) is 8.61. The average Bonchev–Trinajstić information content (AvgIpc) is 3.35. The molecule has 1 aliphatic carbocycles. The van der Waals surface area contributed by atoms with Crippen molar-refractivity contribution >= 4 is 28.6 Å². The SMILES string of the molecule is Cc1ccc(N2C(=O)c3cc4occc4n3C[C@@]2(C)C(=O)NC2CCC(C)CC2)cc1C.